The number of hydrogen-bond acceptors (Lipinski definition) is 2. The first-order chi connectivity index (χ1) is 9.00. The molecule has 0 aromatic rings. The zero-order valence-electron chi connectivity index (χ0n) is 12.5. The Morgan fingerprint density at radius 2 is 1.95 bits per heavy atom. The van der Waals surface area contributed by atoms with Gasteiger partial charge < -0.3 is 16.0 Å². The first-order valence-electron chi connectivity index (χ1n) is 7.79. The maximum atomic E-state index is 6.22. The highest BCUT2D eigenvalue weighted by Crippen LogP contribution is 2.61. The van der Waals surface area contributed by atoms with Gasteiger partial charge in [-0.25, -0.2) is 4.99 Å². The Bertz CT molecular complexity index is 370. The van der Waals surface area contributed by atoms with Gasteiger partial charge in [-0.2, -0.15) is 0 Å². The van der Waals surface area contributed by atoms with Crippen LogP contribution in [0.5, 0.6) is 0 Å². The van der Waals surface area contributed by atoms with Gasteiger partial charge in [-0.05, 0) is 36.0 Å². The van der Waals surface area contributed by atoms with E-state index < -0.39 is 0 Å². The highest BCUT2D eigenvalue weighted by Gasteiger charge is 2.56. The van der Waals surface area contributed by atoms with E-state index in [9.17, 15) is 0 Å². The van der Waals surface area contributed by atoms with Crippen molar-refractivity contribution >= 4 is 5.96 Å². The molecule has 2 bridgehead atoms. The molecule has 1 aliphatic heterocycles. The topological polar surface area (TPSA) is 53.6 Å². The fourth-order valence-corrected chi connectivity index (χ4v) is 4.44. The van der Waals surface area contributed by atoms with Crippen LogP contribution < -0.4 is 11.1 Å². The van der Waals surface area contributed by atoms with Crippen LogP contribution in [0.25, 0.3) is 0 Å². The SMILES string of the molecule is C[C@@H]1[C@@H](N=C(N)N2CCNCC2)C[C@H]2C[C@@H]1C2(C)C. The normalized spacial score (nSPS) is 41.8. The van der Waals surface area contributed by atoms with Crippen LogP contribution in [0.15, 0.2) is 4.99 Å². The van der Waals surface area contributed by atoms with Crippen molar-refractivity contribution < 1.29 is 0 Å². The van der Waals surface area contributed by atoms with Crippen molar-refractivity contribution in [3.63, 3.8) is 0 Å². The maximum Gasteiger partial charge on any atom is 0.191 e. The van der Waals surface area contributed by atoms with Gasteiger partial charge in [-0.15, -0.1) is 0 Å². The Morgan fingerprint density at radius 3 is 2.53 bits per heavy atom. The van der Waals surface area contributed by atoms with Crippen LogP contribution in [0.3, 0.4) is 0 Å². The number of aliphatic imine (C=N–C) groups is 1. The highest BCUT2D eigenvalue weighted by molar-refractivity contribution is 5.78. The summed E-state index contributed by atoms with van der Waals surface area (Å²) in [5.74, 6) is 3.16. The Labute approximate surface area is 116 Å². The summed E-state index contributed by atoms with van der Waals surface area (Å²) in [4.78, 5) is 7.11. The van der Waals surface area contributed by atoms with Crippen molar-refractivity contribution in [3.8, 4) is 0 Å². The van der Waals surface area contributed by atoms with Crippen LogP contribution in [0.4, 0.5) is 0 Å². The lowest BCUT2D eigenvalue weighted by molar-refractivity contribution is -0.108. The third kappa shape index (κ3) is 2.14. The number of hydrogen-bond donors (Lipinski definition) is 2. The molecule has 0 radical (unpaired) electrons. The standard InChI is InChI=1S/C15H28N4/c1-10-12-8-11(15(12,2)3)9-13(10)18-14(16)19-6-4-17-5-7-19/h10-13,17H,4-9H2,1-3H3,(H2,16,18)/t10-,11+,12-,13-/m0/s1. The van der Waals surface area contributed by atoms with Gasteiger partial charge in [0, 0.05) is 26.2 Å². The molecule has 0 amide bonds. The number of guanidine groups is 1. The van der Waals surface area contributed by atoms with Gasteiger partial charge in [0.2, 0.25) is 0 Å². The van der Waals surface area contributed by atoms with Crippen LogP contribution in [0.1, 0.15) is 33.6 Å². The Kier molecular flexibility index (Phi) is 3.24. The average molecular weight is 264 g/mol. The smallest absolute Gasteiger partial charge is 0.191 e. The summed E-state index contributed by atoms with van der Waals surface area (Å²) in [6, 6.07) is 0.451. The van der Waals surface area contributed by atoms with E-state index in [2.05, 4.69) is 31.0 Å². The molecule has 0 spiro atoms. The second-order valence-corrected chi connectivity index (χ2v) is 7.25. The van der Waals surface area contributed by atoms with Crippen molar-refractivity contribution in [1.82, 2.24) is 10.2 Å². The third-order valence-corrected chi connectivity index (χ3v) is 6.05. The average Bonchev–Trinajstić information content (AvgIpc) is 2.41. The lowest BCUT2D eigenvalue weighted by atomic mass is 9.45. The number of nitrogens with two attached hydrogens (primary N) is 1. The van der Waals surface area contributed by atoms with Gasteiger partial charge in [-0.3, -0.25) is 0 Å². The number of fused-ring (bicyclic) bond motifs is 2. The molecule has 4 aliphatic rings. The van der Waals surface area contributed by atoms with Gasteiger partial charge >= 0.3 is 0 Å². The molecule has 0 aromatic carbocycles. The fraction of sp³-hybridized carbons (Fsp3) is 0.933. The van der Waals surface area contributed by atoms with E-state index in [0.717, 1.165) is 44.0 Å². The third-order valence-electron chi connectivity index (χ3n) is 6.05. The molecule has 1 saturated heterocycles. The van der Waals surface area contributed by atoms with E-state index in [4.69, 9.17) is 10.7 Å². The van der Waals surface area contributed by atoms with Crippen LogP contribution in [0.2, 0.25) is 0 Å². The summed E-state index contributed by atoms with van der Waals surface area (Å²) >= 11 is 0. The summed E-state index contributed by atoms with van der Waals surface area (Å²) in [5, 5.41) is 3.35. The molecule has 4 atom stereocenters. The number of nitrogens with one attached hydrogen (secondary N) is 1. The zero-order chi connectivity index (χ0) is 13.6. The first kappa shape index (κ1) is 13.2. The summed E-state index contributed by atoms with van der Waals surface area (Å²) in [6.45, 7) is 11.3. The monoisotopic (exact) mass is 264 g/mol. The summed E-state index contributed by atoms with van der Waals surface area (Å²) in [6.07, 6.45) is 2.64. The maximum absolute atomic E-state index is 6.22. The zero-order valence-corrected chi connectivity index (χ0v) is 12.5. The minimum Gasteiger partial charge on any atom is -0.370 e. The number of piperazine rings is 1. The van der Waals surface area contributed by atoms with Gasteiger partial charge in [0.15, 0.2) is 5.96 Å². The number of nitrogens with zero attached hydrogens (tertiary/aromatic N) is 2. The minimum atomic E-state index is 0.451. The quantitative estimate of drug-likeness (QED) is 0.554. The van der Waals surface area contributed by atoms with Crippen LogP contribution in [0, 0.1) is 23.2 Å². The molecule has 4 nitrogen and oxygen atoms in total. The summed E-state index contributed by atoms with van der Waals surface area (Å²) in [5.41, 5.74) is 6.75. The molecule has 0 unspecified atom stereocenters. The van der Waals surface area contributed by atoms with Crippen molar-refractivity contribution in [1.29, 1.82) is 0 Å². The van der Waals surface area contributed by atoms with E-state index >= 15 is 0 Å². The van der Waals surface area contributed by atoms with Gasteiger partial charge in [0.25, 0.3) is 0 Å². The molecule has 3 N–H and O–H groups in total. The highest BCUT2D eigenvalue weighted by atomic mass is 15.3. The van der Waals surface area contributed by atoms with Crippen molar-refractivity contribution in [2.45, 2.75) is 39.7 Å². The van der Waals surface area contributed by atoms with E-state index in [0.29, 0.717) is 17.4 Å². The number of rotatable bonds is 1. The van der Waals surface area contributed by atoms with E-state index in [1.807, 2.05) is 0 Å². The van der Waals surface area contributed by atoms with Crippen LogP contribution >= 0.6 is 0 Å². The second-order valence-electron chi connectivity index (χ2n) is 7.25. The summed E-state index contributed by atoms with van der Waals surface area (Å²) in [7, 11) is 0. The fourth-order valence-electron chi connectivity index (χ4n) is 4.44. The molecule has 3 aliphatic carbocycles. The van der Waals surface area contributed by atoms with E-state index in [1.165, 1.54) is 12.8 Å². The Hall–Kier alpha value is -0.770. The molecule has 108 valence electrons. The molecule has 19 heavy (non-hydrogen) atoms. The second kappa shape index (κ2) is 4.65. The van der Waals surface area contributed by atoms with Crippen molar-refractivity contribution in [2.75, 3.05) is 26.2 Å². The molecule has 4 heteroatoms. The van der Waals surface area contributed by atoms with Crippen molar-refractivity contribution in [2.24, 2.45) is 33.9 Å². The van der Waals surface area contributed by atoms with Crippen LogP contribution in [-0.2, 0) is 0 Å². The molecule has 0 aromatic heterocycles. The van der Waals surface area contributed by atoms with Gasteiger partial charge in [0.1, 0.15) is 0 Å². The lowest BCUT2D eigenvalue weighted by Gasteiger charge is -2.61. The predicted octanol–water partition coefficient (Wildman–Crippen LogP) is 1.28. The first-order valence-corrected chi connectivity index (χ1v) is 7.79. The molecule has 1 heterocycles. The molecule has 4 rings (SSSR count). The van der Waals surface area contributed by atoms with E-state index in [1.54, 1.807) is 0 Å². The molecular weight excluding hydrogens is 236 g/mol. The van der Waals surface area contributed by atoms with Crippen LogP contribution in [-0.4, -0.2) is 43.1 Å². The largest absolute Gasteiger partial charge is 0.370 e. The molecular formula is C15H28N4. The molecule has 4 fully saturated rings. The van der Waals surface area contributed by atoms with E-state index in [-0.39, 0.29) is 0 Å². The van der Waals surface area contributed by atoms with Gasteiger partial charge in [-0.1, -0.05) is 20.8 Å². The summed E-state index contributed by atoms with van der Waals surface area (Å²) < 4.78 is 0. The van der Waals surface area contributed by atoms with Gasteiger partial charge in [0.05, 0.1) is 6.04 Å². The van der Waals surface area contributed by atoms with Crippen molar-refractivity contribution in [3.05, 3.63) is 0 Å². The Balaban J connectivity index is 1.67. The Morgan fingerprint density at radius 1 is 1.26 bits per heavy atom. The molecule has 3 saturated carbocycles. The minimum absolute atomic E-state index is 0.451. The lowest BCUT2D eigenvalue weighted by Crippen LogP contribution is -2.57. The predicted molar refractivity (Wildman–Crippen MR) is 79.0 cm³/mol.